The van der Waals surface area contributed by atoms with Crippen LogP contribution in [0.25, 0.3) is 0 Å². The van der Waals surface area contributed by atoms with Gasteiger partial charge in [-0.3, -0.25) is 9.69 Å². The summed E-state index contributed by atoms with van der Waals surface area (Å²) in [7, 11) is 3.60. The summed E-state index contributed by atoms with van der Waals surface area (Å²) in [6, 6.07) is 3.76. The van der Waals surface area contributed by atoms with Gasteiger partial charge in [0.15, 0.2) is 0 Å². The second-order valence-electron chi connectivity index (χ2n) is 5.44. The number of thiophene rings is 1. The molecule has 0 saturated carbocycles. The van der Waals surface area contributed by atoms with Gasteiger partial charge in [0.2, 0.25) is 5.91 Å². The first kappa shape index (κ1) is 16.4. The maximum absolute atomic E-state index is 12.0. The fraction of sp³-hybridized carbons (Fsp3) is 0.615. The lowest BCUT2D eigenvalue weighted by Gasteiger charge is -2.26. The van der Waals surface area contributed by atoms with Crippen LogP contribution >= 0.6 is 22.9 Å². The number of nitrogens with zero attached hydrogens (tertiary/aromatic N) is 2. The number of carbonyl (C=O) groups is 1. The molecule has 0 radical (unpaired) electrons. The summed E-state index contributed by atoms with van der Waals surface area (Å²) in [4.78, 5) is 16.6. The Bertz CT molecular complexity index is 429. The molecule has 0 aliphatic rings. The van der Waals surface area contributed by atoms with E-state index in [4.69, 9.17) is 11.6 Å². The largest absolute Gasteiger partial charge is 0.389 e. The predicted molar refractivity (Wildman–Crippen MR) is 79.6 cm³/mol. The van der Waals surface area contributed by atoms with Crippen molar-refractivity contribution in [3.8, 4) is 0 Å². The number of halogens is 1. The highest BCUT2D eigenvalue weighted by atomic mass is 35.5. The third kappa shape index (κ3) is 6.38. The Morgan fingerprint density at radius 3 is 2.53 bits per heavy atom. The Morgan fingerprint density at radius 2 is 2.05 bits per heavy atom. The number of likely N-dealkylation sites (N-methyl/N-ethyl adjacent to an activating group) is 2. The van der Waals surface area contributed by atoms with Gasteiger partial charge in [-0.15, -0.1) is 11.3 Å². The van der Waals surface area contributed by atoms with Crippen LogP contribution in [0.4, 0.5) is 0 Å². The van der Waals surface area contributed by atoms with Crippen LogP contribution < -0.4 is 0 Å². The zero-order valence-corrected chi connectivity index (χ0v) is 13.4. The second-order valence-corrected chi connectivity index (χ2v) is 7.24. The highest BCUT2D eigenvalue weighted by Gasteiger charge is 2.19. The molecule has 6 heteroatoms. The van der Waals surface area contributed by atoms with Crippen LogP contribution in [0, 0.1) is 0 Å². The van der Waals surface area contributed by atoms with E-state index in [1.807, 2.05) is 24.1 Å². The van der Waals surface area contributed by atoms with Gasteiger partial charge in [0.05, 0.1) is 23.0 Å². The Kier molecular flexibility index (Phi) is 5.80. The molecule has 1 amide bonds. The number of aliphatic hydroxyl groups is 1. The summed E-state index contributed by atoms with van der Waals surface area (Å²) in [5.41, 5.74) is -0.797. The first-order chi connectivity index (χ1) is 8.67. The van der Waals surface area contributed by atoms with Crippen LogP contribution in [0.2, 0.25) is 4.34 Å². The predicted octanol–water partition coefficient (Wildman–Crippen LogP) is 2.06. The lowest BCUT2D eigenvalue weighted by atomic mass is 10.1. The van der Waals surface area contributed by atoms with Gasteiger partial charge in [-0.1, -0.05) is 11.6 Å². The highest BCUT2D eigenvalue weighted by molar-refractivity contribution is 7.16. The average Bonchev–Trinajstić information content (AvgIpc) is 2.60. The maximum Gasteiger partial charge on any atom is 0.236 e. The third-order valence-electron chi connectivity index (χ3n) is 2.51. The highest BCUT2D eigenvalue weighted by Crippen LogP contribution is 2.22. The summed E-state index contributed by atoms with van der Waals surface area (Å²) >= 11 is 7.34. The minimum atomic E-state index is -0.797. The smallest absolute Gasteiger partial charge is 0.236 e. The van der Waals surface area contributed by atoms with Gasteiger partial charge in [-0.05, 0) is 33.0 Å². The van der Waals surface area contributed by atoms with Crippen LogP contribution in [-0.2, 0) is 11.3 Å². The summed E-state index contributed by atoms with van der Waals surface area (Å²) in [5.74, 6) is 0.0243. The van der Waals surface area contributed by atoms with Crippen molar-refractivity contribution in [2.45, 2.75) is 26.0 Å². The SMILES string of the molecule is CN(CC(=O)N(C)Cc1ccc(Cl)s1)CC(C)(C)O. The zero-order valence-electron chi connectivity index (χ0n) is 11.8. The minimum Gasteiger partial charge on any atom is -0.389 e. The normalized spacial score (nSPS) is 11.9. The van der Waals surface area contributed by atoms with Gasteiger partial charge in [0, 0.05) is 18.5 Å². The van der Waals surface area contributed by atoms with E-state index in [1.54, 1.807) is 25.8 Å². The van der Waals surface area contributed by atoms with Crippen LogP contribution in [-0.4, -0.2) is 53.6 Å². The third-order valence-corrected chi connectivity index (χ3v) is 3.73. The Balaban J connectivity index is 2.44. The molecule has 0 aliphatic heterocycles. The molecule has 19 heavy (non-hydrogen) atoms. The van der Waals surface area contributed by atoms with Crippen LogP contribution in [0.15, 0.2) is 12.1 Å². The number of hydrogen-bond acceptors (Lipinski definition) is 4. The quantitative estimate of drug-likeness (QED) is 0.875. The zero-order chi connectivity index (χ0) is 14.6. The van der Waals surface area contributed by atoms with Crippen molar-refractivity contribution < 1.29 is 9.90 Å². The molecule has 0 aliphatic carbocycles. The monoisotopic (exact) mass is 304 g/mol. The molecule has 0 saturated heterocycles. The van der Waals surface area contributed by atoms with Crippen molar-refractivity contribution in [2.75, 3.05) is 27.2 Å². The molecular formula is C13H21ClN2O2S. The molecule has 0 unspecified atom stereocenters. The molecule has 4 nitrogen and oxygen atoms in total. The summed E-state index contributed by atoms with van der Waals surface area (Å²) in [6.07, 6.45) is 0. The van der Waals surface area contributed by atoms with Crippen molar-refractivity contribution in [1.29, 1.82) is 0 Å². The van der Waals surface area contributed by atoms with E-state index >= 15 is 0 Å². The molecule has 0 aromatic carbocycles. The number of hydrogen-bond donors (Lipinski definition) is 1. The molecule has 0 fully saturated rings. The maximum atomic E-state index is 12.0. The van der Waals surface area contributed by atoms with Gasteiger partial charge >= 0.3 is 0 Å². The standard InChI is InChI=1S/C13H21ClN2O2S/c1-13(2,18)9-15(3)8-12(17)16(4)7-10-5-6-11(14)19-10/h5-6,18H,7-9H2,1-4H3. The molecule has 1 N–H and O–H groups in total. The number of rotatable bonds is 6. The number of carbonyl (C=O) groups excluding carboxylic acids is 1. The van der Waals surface area contributed by atoms with Crippen LogP contribution in [0.5, 0.6) is 0 Å². The molecule has 1 aromatic rings. The van der Waals surface area contributed by atoms with Gasteiger partial charge in [0.25, 0.3) is 0 Å². The van der Waals surface area contributed by atoms with E-state index < -0.39 is 5.60 Å². The first-order valence-corrected chi connectivity index (χ1v) is 7.26. The molecule has 1 heterocycles. The first-order valence-electron chi connectivity index (χ1n) is 6.06. The lowest BCUT2D eigenvalue weighted by Crippen LogP contribution is -2.42. The van der Waals surface area contributed by atoms with Crippen molar-refractivity contribution in [3.05, 3.63) is 21.3 Å². The Morgan fingerprint density at radius 1 is 1.42 bits per heavy atom. The Hall–Kier alpha value is -0.620. The van der Waals surface area contributed by atoms with E-state index in [1.165, 1.54) is 11.3 Å². The van der Waals surface area contributed by atoms with Crippen molar-refractivity contribution in [1.82, 2.24) is 9.80 Å². The molecule has 0 spiro atoms. The van der Waals surface area contributed by atoms with E-state index in [9.17, 15) is 9.90 Å². The molecule has 1 rings (SSSR count). The number of amides is 1. The lowest BCUT2D eigenvalue weighted by molar-refractivity contribution is -0.131. The Labute approximate surface area is 123 Å². The van der Waals surface area contributed by atoms with Gasteiger partial charge in [-0.2, -0.15) is 0 Å². The molecule has 1 aromatic heterocycles. The summed E-state index contributed by atoms with van der Waals surface area (Å²) < 4.78 is 0.731. The molecular weight excluding hydrogens is 284 g/mol. The average molecular weight is 305 g/mol. The fourth-order valence-electron chi connectivity index (χ4n) is 1.83. The van der Waals surface area contributed by atoms with E-state index in [-0.39, 0.29) is 5.91 Å². The van der Waals surface area contributed by atoms with Crippen LogP contribution in [0.1, 0.15) is 18.7 Å². The summed E-state index contributed by atoms with van der Waals surface area (Å²) in [6.45, 7) is 4.76. The minimum absolute atomic E-state index is 0.0243. The molecule has 108 valence electrons. The van der Waals surface area contributed by atoms with Crippen molar-refractivity contribution >= 4 is 28.8 Å². The van der Waals surface area contributed by atoms with E-state index in [0.29, 0.717) is 19.6 Å². The van der Waals surface area contributed by atoms with Crippen molar-refractivity contribution in [3.63, 3.8) is 0 Å². The fourth-order valence-corrected chi connectivity index (χ4v) is 2.97. The van der Waals surface area contributed by atoms with Gasteiger partial charge in [0.1, 0.15) is 0 Å². The summed E-state index contributed by atoms with van der Waals surface area (Å²) in [5, 5.41) is 9.70. The second kappa shape index (κ2) is 6.70. The molecule has 0 atom stereocenters. The van der Waals surface area contributed by atoms with Crippen molar-refractivity contribution in [2.24, 2.45) is 0 Å². The topological polar surface area (TPSA) is 43.8 Å². The van der Waals surface area contributed by atoms with E-state index in [2.05, 4.69) is 0 Å². The van der Waals surface area contributed by atoms with E-state index in [0.717, 1.165) is 9.21 Å². The van der Waals surface area contributed by atoms with Gasteiger partial charge in [-0.25, -0.2) is 0 Å². The molecule has 0 bridgehead atoms. The van der Waals surface area contributed by atoms with Crippen LogP contribution in [0.3, 0.4) is 0 Å². The van der Waals surface area contributed by atoms with Gasteiger partial charge < -0.3 is 10.0 Å².